The summed E-state index contributed by atoms with van der Waals surface area (Å²) in [6.45, 7) is 7.17. The number of hydrogen-bond donors (Lipinski definition) is 2. The maximum atomic E-state index is 11.9. The van der Waals surface area contributed by atoms with E-state index in [0.29, 0.717) is 22.4 Å². The van der Waals surface area contributed by atoms with Crippen LogP contribution in [0.2, 0.25) is 0 Å². The van der Waals surface area contributed by atoms with Gasteiger partial charge in [0.1, 0.15) is 0 Å². The van der Waals surface area contributed by atoms with Gasteiger partial charge in [0, 0.05) is 23.5 Å². The minimum absolute atomic E-state index is 0.0512. The zero-order valence-electron chi connectivity index (χ0n) is 15.0. The van der Waals surface area contributed by atoms with Crippen molar-refractivity contribution in [2.45, 2.75) is 27.7 Å². The summed E-state index contributed by atoms with van der Waals surface area (Å²) in [5, 5.41) is 0. The summed E-state index contributed by atoms with van der Waals surface area (Å²) in [5.74, 6) is -0.427. The molecule has 146 valence electrons. The van der Waals surface area contributed by atoms with E-state index in [1.165, 1.54) is 12.1 Å². The molecule has 27 heavy (non-hydrogen) atoms. The summed E-state index contributed by atoms with van der Waals surface area (Å²) in [4.78, 5) is 0. The zero-order valence-corrected chi connectivity index (χ0v) is 16.6. The number of benzene rings is 2. The first-order chi connectivity index (χ1) is 12.3. The summed E-state index contributed by atoms with van der Waals surface area (Å²) in [5.41, 5.74) is 16.1. The minimum Gasteiger partial charge on any atom is -0.399 e. The summed E-state index contributed by atoms with van der Waals surface area (Å²) in [7, 11) is -9.88. The lowest BCUT2D eigenvalue weighted by Gasteiger charge is -2.23. The molecule has 0 saturated carbocycles. The second-order valence-corrected chi connectivity index (χ2v) is 8.74. The number of rotatable bonds is 1. The van der Waals surface area contributed by atoms with Crippen molar-refractivity contribution < 1.29 is 28.8 Å². The zero-order chi connectivity index (χ0) is 20.3. The predicted octanol–water partition coefficient (Wildman–Crippen LogP) is 2.03. The van der Waals surface area contributed by atoms with Crippen LogP contribution in [0.5, 0.6) is 11.5 Å². The van der Waals surface area contributed by atoms with Crippen molar-refractivity contribution in [3.8, 4) is 22.6 Å². The standard InChI is InChI=1S/C16H18N2O7S2/c1-7-9(3)16(18)10(4)8(2)14(7)15-12-5-11(17)6-13(15)24-27(21,22)25-26(19,20)23-12/h5-6H,17-18H2,1-4H3. The molecule has 11 heteroatoms. The summed E-state index contributed by atoms with van der Waals surface area (Å²) < 4.78 is 61.5. The number of fused-ring (bicyclic) bond motifs is 2. The molecule has 2 aromatic carbocycles. The Hall–Kier alpha value is -2.50. The van der Waals surface area contributed by atoms with Gasteiger partial charge in [0.05, 0.1) is 5.56 Å². The van der Waals surface area contributed by atoms with E-state index < -0.39 is 20.8 Å². The fourth-order valence-electron chi connectivity index (χ4n) is 3.05. The molecule has 9 nitrogen and oxygen atoms in total. The molecule has 0 aromatic heterocycles. The average molecular weight is 414 g/mol. The molecule has 3 rings (SSSR count). The Kier molecular flexibility index (Phi) is 4.29. The Morgan fingerprint density at radius 3 is 1.52 bits per heavy atom. The van der Waals surface area contributed by atoms with Crippen LogP contribution in [-0.2, 0) is 24.4 Å². The summed E-state index contributed by atoms with van der Waals surface area (Å²) in [6, 6.07) is 2.50. The highest BCUT2D eigenvalue weighted by Crippen LogP contribution is 2.47. The van der Waals surface area contributed by atoms with Crippen LogP contribution in [0.3, 0.4) is 0 Å². The third-order valence-electron chi connectivity index (χ3n) is 4.57. The van der Waals surface area contributed by atoms with Crippen LogP contribution in [0.1, 0.15) is 22.3 Å². The molecule has 0 fully saturated rings. The van der Waals surface area contributed by atoms with Crippen molar-refractivity contribution in [1.82, 2.24) is 0 Å². The molecule has 1 aliphatic rings. The van der Waals surface area contributed by atoms with Crippen molar-refractivity contribution >= 4 is 32.2 Å². The predicted molar refractivity (Wildman–Crippen MR) is 99.8 cm³/mol. The first-order valence-corrected chi connectivity index (χ1v) is 10.4. The van der Waals surface area contributed by atoms with Gasteiger partial charge in [-0.3, -0.25) is 0 Å². The van der Waals surface area contributed by atoms with E-state index in [9.17, 15) is 16.8 Å². The fourth-order valence-corrected chi connectivity index (χ4v) is 4.80. The second kappa shape index (κ2) is 6.01. The topological polar surface area (TPSA) is 148 Å². The van der Waals surface area contributed by atoms with Crippen LogP contribution in [0, 0.1) is 27.7 Å². The molecule has 0 aliphatic carbocycles. The van der Waals surface area contributed by atoms with Gasteiger partial charge in [-0.05, 0) is 55.5 Å². The van der Waals surface area contributed by atoms with E-state index in [2.05, 4.69) is 3.63 Å². The highest BCUT2D eigenvalue weighted by molar-refractivity contribution is 7.95. The SMILES string of the molecule is Cc1c(C)c(-c2c3cc(N)cc2OS(=O)(=O)OS(=O)(=O)O3)c(C)c(C)c1N. The van der Waals surface area contributed by atoms with Gasteiger partial charge in [-0.25, -0.2) is 0 Å². The fraction of sp³-hybridized carbons (Fsp3) is 0.250. The molecule has 0 spiro atoms. The molecular weight excluding hydrogens is 396 g/mol. The van der Waals surface area contributed by atoms with Gasteiger partial charge in [0.15, 0.2) is 11.5 Å². The van der Waals surface area contributed by atoms with Crippen LogP contribution < -0.4 is 19.8 Å². The molecule has 1 aliphatic heterocycles. The Labute approximate surface area is 157 Å². The first-order valence-electron chi connectivity index (χ1n) is 7.72. The van der Waals surface area contributed by atoms with Crippen molar-refractivity contribution in [1.29, 1.82) is 0 Å². The van der Waals surface area contributed by atoms with E-state index >= 15 is 0 Å². The van der Waals surface area contributed by atoms with Gasteiger partial charge in [-0.1, -0.05) is 3.63 Å². The largest absolute Gasteiger partial charge is 0.466 e. The monoisotopic (exact) mass is 414 g/mol. The molecule has 0 amide bonds. The van der Waals surface area contributed by atoms with Crippen molar-refractivity contribution in [3.63, 3.8) is 0 Å². The van der Waals surface area contributed by atoms with Crippen molar-refractivity contribution in [3.05, 3.63) is 34.4 Å². The highest BCUT2D eigenvalue weighted by atomic mass is 32.3. The number of nitrogens with two attached hydrogens (primary N) is 2. The third kappa shape index (κ3) is 3.29. The average Bonchev–Trinajstić information content (AvgIpc) is 2.50. The van der Waals surface area contributed by atoms with Crippen LogP contribution in [-0.4, -0.2) is 16.8 Å². The lowest BCUT2D eigenvalue weighted by Crippen LogP contribution is -2.25. The molecule has 0 saturated heterocycles. The molecule has 2 aromatic rings. The van der Waals surface area contributed by atoms with E-state index in [1.54, 1.807) is 27.7 Å². The quantitative estimate of drug-likeness (QED) is 0.668. The number of anilines is 2. The van der Waals surface area contributed by atoms with Crippen molar-refractivity contribution in [2.75, 3.05) is 11.5 Å². The molecule has 4 N–H and O–H groups in total. The van der Waals surface area contributed by atoms with Gasteiger partial charge in [-0.2, -0.15) is 16.8 Å². The Balaban J connectivity index is 2.49. The van der Waals surface area contributed by atoms with Crippen LogP contribution >= 0.6 is 0 Å². The van der Waals surface area contributed by atoms with Crippen LogP contribution in [0.15, 0.2) is 12.1 Å². The van der Waals surface area contributed by atoms with Gasteiger partial charge in [-0.15, -0.1) is 0 Å². The third-order valence-corrected chi connectivity index (χ3v) is 6.67. The van der Waals surface area contributed by atoms with Gasteiger partial charge in [0.25, 0.3) is 0 Å². The minimum atomic E-state index is -4.94. The smallest absolute Gasteiger partial charge is 0.399 e. The van der Waals surface area contributed by atoms with Crippen LogP contribution in [0.4, 0.5) is 11.4 Å². The van der Waals surface area contributed by atoms with Gasteiger partial charge < -0.3 is 19.8 Å². The van der Waals surface area contributed by atoms with Crippen LogP contribution in [0.25, 0.3) is 11.1 Å². The highest BCUT2D eigenvalue weighted by Gasteiger charge is 2.35. The molecule has 0 radical (unpaired) electrons. The van der Waals surface area contributed by atoms with Crippen molar-refractivity contribution in [2.24, 2.45) is 0 Å². The molecular formula is C16H18N2O7S2. The Morgan fingerprint density at radius 2 is 1.11 bits per heavy atom. The maximum Gasteiger partial charge on any atom is 0.466 e. The molecule has 2 bridgehead atoms. The Bertz CT molecular complexity index is 1100. The summed E-state index contributed by atoms with van der Waals surface area (Å²) >= 11 is 0. The number of hydrogen-bond acceptors (Lipinski definition) is 9. The Morgan fingerprint density at radius 1 is 0.704 bits per heavy atom. The normalized spacial score (nSPS) is 17.3. The first kappa shape index (κ1) is 19.3. The van der Waals surface area contributed by atoms with E-state index in [0.717, 1.165) is 11.1 Å². The van der Waals surface area contributed by atoms with E-state index in [-0.39, 0.29) is 22.7 Å². The second-order valence-electron chi connectivity index (χ2n) is 6.23. The number of nitrogen functional groups attached to an aromatic ring is 2. The molecule has 0 unspecified atom stereocenters. The molecule has 1 heterocycles. The van der Waals surface area contributed by atoms with E-state index in [1.807, 2.05) is 0 Å². The summed E-state index contributed by atoms with van der Waals surface area (Å²) in [6.07, 6.45) is 0. The lowest BCUT2D eigenvalue weighted by atomic mass is 9.87. The van der Waals surface area contributed by atoms with E-state index in [4.69, 9.17) is 19.8 Å². The van der Waals surface area contributed by atoms with Gasteiger partial charge >= 0.3 is 20.8 Å². The van der Waals surface area contributed by atoms with Gasteiger partial charge in [0.2, 0.25) is 0 Å². The lowest BCUT2D eigenvalue weighted by molar-refractivity contribution is 0.345. The molecule has 0 atom stereocenters. The maximum absolute atomic E-state index is 11.9.